The SMILES string of the molecule is CN1CCC(Cn2cnc3cccc(C(=O)O)c32)C1. The monoisotopic (exact) mass is 259 g/mol. The highest BCUT2D eigenvalue weighted by Crippen LogP contribution is 2.22. The molecule has 0 radical (unpaired) electrons. The van der Waals surface area contributed by atoms with E-state index < -0.39 is 5.97 Å². The number of aromatic carboxylic acids is 1. The topological polar surface area (TPSA) is 58.4 Å². The number of carboxylic acid groups (broad SMARTS) is 1. The minimum atomic E-state index is -0.893. The van der Waals surface area contributed by atoms with Gasteiger partial charge in [-0.1, -0.05) is 6.07 Å². The second-order valence-corrected chi connectivity index (χ2v) is 5.29. The number of likely N-dealkylation sites (tertiary alicyclic amines) is 1. The normalized spacial score (nSPS) is 20.2. The molecule has 1 aromatic carbocycles. The lowest BCUT2D eigenvalue weighted by Crippen LogP contribution is -2.17. The standard InChI is InChI=1S/C14H17N3O2/c1-16-6-5-10(7-16)8-17-9-15-12-4-2-3-11(13(12)17)14(18)19/h2-4,9-10H,5-8H2,1H3,(H,18,19). The van der Waals surface area contributed by atoms with E-state index in [0.29, 0.717) is 11.5 Å². The molecule has 0 bridgehead atoms. The molecule has 100 valence electrons. The van der Waals surface area contributed by atoms with Crippen LogP contribution in [0.2, 0.25) is 0 Å². The number of nitrogens with zero attached hydrogens (tertiary/aromatic N) is 3. The van der Waals surface area contributed by atoms with E-state index in [-0.39, 0.29) is 0 Å². The van der Waals surface area contributed by atoms with Gasteiger partial charge in [0, 0.05) is 13.1 Å². The van der Waals surface area contributed by atoms with E-state index in [1.54, 1.807) is 18.5 Å². The highest BCUT2D eigenvalue weighted by molar-refractivity contribution is 6.01. The summed E-state index contributed by atoms with van der Waals surface area (Å²) >= 11 is 0. The molecule has 1 saturated heterocycles. The molecule has 1 N–H and O–H groups in total. The molecule has 0 amide bonds. The van der Waals surface area contributed by atoms with E-state index in [0.717, 1.165) is 37.1 Å². The molecule has 1 fully saturated rings. The number of benzene rings is 1. The maximum absolute atomic E-state index is 11.3. The van der Waals surface area contributed by atoms with Gasteiger partial charge in [0.15, 0.2) is 0 Å². The third-order valence-corrected chi connectivity index (χ3v) is 3.81. The number of hydrogen-bond acceptors (Lipinski definition) is 3. The maximum Gasteiger partial charge on any atom is 0.337 e. The molecule has 1 aromatic heterocycles. The summed E-state index contributed by atoms with van der Waals surface area (Å²) in [5.41, 5.74) is 1.83. The third-order valence-electron chi connectivity index (χ3n) is 3.81. The molecule has 2 aromatic rings. The lowest BCUT2D eigenvalue weighted by atomic mass is 10.1. The number of imidazole rings is 1. The molecule has 1 aliphatic heterocycles. The first-order valence-corrected chi connectivity index (χ1v) is 6.51. The van der Waals surface area contributed by atoms with Crippen LogP contribution >= 0.6 is 0 Å². The maximum atomic E-state index is 11.3. The Labute approximate surface area is 111 Å². The van der Waals surface area contributed by atoms with Crippen molar-refractivity contribution in [1.29, 1.82) is 0 Å². The lowest BCUT2D eigenvalue weighted by Gasteiger charge is -2.12. The predicted octanol–water partition coefficient (Wildman–Crippen LogP) is 1.69. The van der Waals surface area contributed by atoms with Gasteiger partial charge in [0.2, 0.25) is 0 Å². The molecule has 0 spiro atoms. The van der Waals surface area contributed by atoms with Crippen LogP contribution in [0.4, 0.5) is 0 Å². The summed E-state index contributed by atoms with van der Waals surface area (Å²) < 4.78 is 1.99. The van der Waals surface area contributed by atoms with Gasteiger partial charge in [0.25, 0.3) is 0 Å². The van der Waals surface area contributed by atoms with Crippen molar-refractivity contribution in [1.82, 2.24) is 14.5 Å². The fourth-order valence-corrected chi connectivity index (χ4v) is 2.89. The van der Waals surface area contributed by atoms with E-state index >= 15 is 0 Å². The molecule has 19 heavy (non-hydrogen) atoms. The first-order chi connectivity index (χ1) is 9.15. The van der Waals surface area contributed by atoms with Crippen LogP contribution in [0.1, 0.15) is 16.8 Å². The van der Waals surface area contributed by atoms with Crippen molar-refractivity contribution >= 4 is 17.0 Å². The van der Waals surface area contributed by atoms with Crippen molar-refractivity contribution in [3.63, 3.8) is 0 Å². The van der Waals surface area contributed by atoms with Crippen LogP contribution in [0.25, 0.3) is 11.0 Å². The van der Waals surface area contributed by atoms with E-state index in [1.165, 1.54) is 0 Å². The zero-order chi connectivity index (χ0) is 13.4. The van der Waals surface area contributed by atoms with Gasteiger partial charge >= 0.3 is 5.97 Å². The van der Waals surface area contributed by atoms with Crippen molar-refractivity contribution < 1.29 is 9.90 Å². The van der Waals surface area contributed by atoms with Crippen LogP contribution in [-0.2, 0) is 6.54 Å². The summed E-state index contributed by atoms with van der Waals surface area (Å²) in [6, 6.07) is 5.25. The molecule has 1 atom stereocenters. The van der Waals surface area contributed by atoms with Gasteiger partial charge in [-0.25, -0.2) is 9.78 Å². The Morgan fingerprint density at radius 1 is 1.53 bits per heavy atom. The Morgan fingerprint density at radius 2 is 2.37 bits per heavy atom. The molecule has 3 rings (SSSR count). The van der Waals surface area contributed by atoms with Gasteiger partial charge in [-0.15, -0.1) is 0 Å². The Kier molecular flexibility index (Phi) is 2.98. The summed E-state index contributed by atoms with van der Waals surface area (Å²) in [4.78, 5) is 17.9. The Bertz CT molecular complexity index is 620. The molecular formula is C14H17N3O2. The second-order valence-electron chi connectivity index (χ2n) is 5.29. The minimum absolute atomic E-state index is 0.335. The average molecular weight is 259 g/mol. The molecule has 0 saturated carbocycles. The van der Waals surface area contributed by atoms with E-state index in [9.17, 15) is 9.90 Å². The fraction of sp³-hybridized carbons (Fsp3) is 0.429. The third kappa shape index (κ3) is 2.21. The van der Waals surface area contributed by atoms with E-state index in [1.807, 2.05) is 10.6 Å². The Hall–Kier alpha value is -1.88. The molecule has 0 aliphatic carbocycles. The van der Waals surface area contributed by atoms with Crippen molar-refractivity contribution in [3.05, 3.63) is 30.1 Å². The second kappa shape index (κ2) is 4.66. The Balaban J connectivity index is 1.97. The summed E-state index contributed by atoms with van der Waals surface area (Å²) in [5, 5.41) is 9.28. The largest absolute Gasteiger partial charge is 0.478 e. The molecular weight excluding hydrogens is 242 g/mol. The minimum Gasteiger partial charge on any atom is -0.478 e. The number of rotatable bonds is 3. The average Bonchev–Trinajstić information content (AvgIpc) is 2.97. The summed E-state index contributed by atoms with van der Waals surface area (Å²) in [5.74, 6) is -0.319. The number of carboxylic acids is 1. The summed E-state index contributed by atoms with van der Waals surface area (Å²) in [7, 11) is 2.12. The number of carbonyl (C=O) groups is 1. The first kappa shape index (κ1) is 12.2. The number of fused-ring (bicyclic) bond motifs is 1. The van der Waals surface area contributed by atoms with Gasteiger partial charge in [-0.3, -0.25) is 0 Å². The zero-order valence-electron chi connectivity index (χ0n) is 10.9. The zero-order valence-corrected chi connectivity index (χ0v) is 10.9. The number of para-hydroxylation sites is 1. The van der Waals surface area contributed by atoms with Crippen LogP contribution in [-0.4, -0.2) is 45.7 Å². The Morgan fingerprint density at radius 3 is 3.05 bits per heavy atom. The lowest BCUT2D eigenvalue weighted by molar-refractivity contribution is 0.0698. The fourth-order valence-electron chi connectivity index (χ4n) is 2.89. The van der Waals surface area contributed by atoms with Crippen molar-refractivity contribution in [3.8, 4) is 0 Å². The molecule has 5 nitrogen and oxygen atoms in total. The molecule has 1 aliphatic rings. The first-order valence-electron chi connectivity index (χ1n) is 6.51. The van der Waals surface area contributed by atoms with Crippen LogP contribution in [0.5, 0.6) is 0 Å². The highest BCUT2D eigenvalue weighted by Gasteiger charge is 2.21. The predicted molar refractivity (Wildman–Crippen MR) is 72.3 cm³/mol. The van der Waals surface area contributed by atoms with E-state index in [4.69, 9.17) is 0 Å². The van der Waals surface area contributed by atoms with Crippen molar-refractivity contribution in [2.45, 2.75) is 13.0 Å². The summed E-state index contributed by atoms with van der Waals surface area (Å²) in [6.45, 7) is 3.02. The smallest absolute Gasteiger partial charge is 0.337 e. The van der Waals surface area contributed by atoms with E-state index in [2.05, 4.69) is 16.9 Å². The van der Waals surface area contributed by atoms with Crippen molar-refractivity contribution in [2.75, 3.05) is 20.1 Å². The summed E-state index contributed by atoms with van der Waals surface area (Å²) in [6.07, 6.45) is 2.92. The molecule has 1 unspecified atom stereocenters. The van der Waals surface area contributed by atoms with Gasteiger partial charge in [0.05, 0.1) is 22.9 Å². The quantitative estimate of drug-likeness (QED) is 0.911. The van der Waals surface area contributed by atoms with Crippen LogP contribution in [0.3, 0.4) is 0 Å². The van der Waals surface area contributed by atoms with Gasteiger partial charge in [0.1, 0.15) is 0 Å². The van der Waals surface area contributed by atoms with Gasteiger partial charge < -0.3 is 14.6 Å². The number of hydrogen-bond donors (Lipinski definition) is 1. The van der Waals surface area contributed by atoms with Gasteiger partial charge in [-0.05, 0) is 38.1 Å². The van der Waals surface area contributed by atoms with Crippen LogP contribution < -0.4 is 0 Å². The van der Waals surface area contributed by atoms with Crippen molar-refractivity contribution in [2.24, 2.45) is 5.92 Å². The number of aromatic nitrogens is 2. The van der Waals surface area contributed by atoms with Crippen LogP contribution in [0, 0.1) is 5.92 Å². The molecule has 2 heterocycles. The van der Waals surface area contributed by atoms with Gasteiger partial charge in [-0.2, -0.15) is 0 Å². The highest BCUT2D eigenvalue weighted by atomic mass is 16.4. The molecule has 5 heteroatoms. The van der Waals surface area contributed by atoms with Crippen LogP contribution in [0.15, 0.2) is 24.5 Å².